The fourth-order valence-electron chi connectivity index (χ4n) is 1.83. The Kier molecular flexibility index (Phi) is 5.48. The molecule has 0 aromatic carbocycles. The quantitative estimate of drug-likeness (QED) is 0.635. The minimum Gasteiger partial charge on any atom is -0.352 e. The SMILES string of the molecule is CCSc1ncc2c(=O)n(CC(=O)NC(C)CC)cnc2n1. The van der Waals surface area contributed by atoms with Gasteiger partial charge in [-0.05, 0) is 19.1 Å². The van der Waals surface area contributed by atoms with E-state index in [-0.39, 0.29) is 24.1 Å². The summed E-state index contributed by atoms with van der Waals surface area (Å²) < 4.78 is 1.27. The summed E-state index contributed by atoms with van der Waals surface area (Å²) in [4.78, 5) is 36.7. The number of hydrogen-bond donors (Lipinski definition) is 1. The van der Waals surface area contributed by atoms with Gasteiger partial charge in [-0.15, -0.1) is 0 Å². The molecule has 118 valence electrons. The molecule has 0 aliphatic rings. The molecule has 1 atom stereocenters. The maximum atomic E-state index is 12.3. The molecule has 0 spiro atoms. The van der Waals surface area contributed by atoms with Gasteiger partial charge in [0, 0.05) is 12.2 Å². The number of nitrogens with one attached hydrogen (secondary N) is 1. The summed E-state index contributed by atoms with van der Waals surface area (Å²) >= 11 is 1.48. The normalized spacial score (nSPS) is 12.3. The molecule has 1 unspecified atom stereocenters. The van der Waals surface area contributed by atoms with Gasteiger partial charge in [0.25, 0.3) is 5.56 Å². The second-order valence-electron chi connectivity index (χ2n) is 4.88. The van der Waals surface area contributed by atoms with Gasteiger partial charge in [0.15, 0.2) is 10.8 Å². The number of carbonyl (C=O) groups excluding carboxylic acids is 1. The molecule has 7 nitrogen and oxygen atoms in total. The summed E-state index contributed by atoms with van der Waals surface area (Å²) in [5.74, 6) is 0.634. The molecule has 0 fully saturated rings. The summed E-state index contributed by atoms with van der Waals surface area (Å²) in [6.07, 6.45) is 3.66. The third-order valence-corrected chi connectivity index (χ3v) is 3.91. The first-order valence-electron chi connectivity index (χ1n) is 7.19. The first-order valence-corrected chi connectivity index (χ1v) is 8.18. The highest BCUT2D eigenvalue weighted by atomic mass is 32.2. The van der Waals surface area contributed by atoms with Crippen molar-refractivity contribution in [3.63, 3.8) is 0 Å². The molecule has 1 N–H and O–H groups in total. The highest BCUT2D eigenvalue weighted by Crippen LogP contribution is 2.13. The van der Waals surface area contributed by atoms with Crippen molar-refractivity contribution in [2.75, 3.05) is 5.75 Å². The van der Waals surface area contributed by atoms with Crippen molar-refractivity contribution in [3.8, 4) is 0 Å². The van der Waals surface area contributed by atoms with Gasteiger partial charge in [-0.25, -0.2) is 15.0 Å². The van der Waals surface area contributed by atoms with Crippen molar-refractivity contribution in [2.45, 2.75) is 44.9 Å². The molecule has 2 heterocycles. The first-order chi connectivity index (χ1) is 10.5. The summed E-state index contributed by atoms with van der Waals surface area (Å²) in [5.41, 5.74) is 0.0480. The molecular formula is C14H19N5O2S. The van der Waals surface area contributed by atoms with Crippen molar-refractivity contribution in [2.24, 2.45) is 0 Å². The smallest absolute Gasteiger partial charge is 0.264 e. The lowest BCUT2D eigenvalue weighted by Crippen LogP contribution is -2.37. The Bertz CT molecular complexity index is 731. The van der Waals surface area contributed by atoms with Crippen molar-refractivity contribution in [1.82, 2.24) is 24.8 Å². The van der Waals surface area contributed by atoms with Crippen LogP contribution < -0.4 is 10.9 Å². The van der Waals surface area contributed by atoms with E-state index >= 15 is 0 Å². The van der Waals surface area contributed by atoms with Crippen LogP contribution in [0.1, 0.15) is 27.2 Å². The largest absolute Gasteiger partial charge is 0.352 e. The van der Waals surface area contributed by atoms with Crippen molar-refractivity contribution in [3.05, 3.63) is 22.9 Å². The van der Waals surface area contributed by atoms with Crippen LogP contribution in [0.25, 0.3) is 11.0 Å². The number of thioether (sulfide) groups is 1. The van der Waals surface area contributed by atoms with Gasteiger partial charge in [0.05, 0.1) is 0 Å². The minimum atomic E-state index is -0.308. The zero-order valence-electron chi connectivity index (χ0n) is 12.9. The lowest BCUT2D eigenvalue weighted by Gasteiger charge is -2.12. The molecule has 0 aliphatic carbocycles. The second kappa shape index (κ2) is 7.35. The van der Waals surface area contributed by atoms with E-state index in [1.54, 1.807) is 0 Å². The second-order valence-corrected chi connectivity index (χ2v) is 6.11. The number of nitrogens with zero attached hydrogens (tertiary/aromatic N) is 4. The van der Waals surface area contributed by atoms with Crippen LogP contribution in [-0.2, 0) is 11.3 Å². The number of hydrogen-bond acceptors (Lipinski definition) is 6. The average molecular weight is 321 g/mol. The highest BCUT2D eigenvalue weighted by Gasteiger charge is 2.11. The molecular weight excluding hydrogens is 302 g/mol. The van der Waals surface area contributed by atoms with E-state index in [9.17, 15) is 9.59 Å². The standard InChI is InChI=1S/C14H19N5O2S/c1-4-9(3)17-11(20)7-19-8-16-12-10(13(19)21)6-15-14(18-12)22-5-2/h6,8-9H,4-5,7H2,1-3H3,(H,17,20). The van der Waals surface area contributed by atoms with Gasteiger partial charge in [-0.2, -0.15) is 0 Å². The summed E-state index contributed by atoms with van der Waals surface area (Å²) in [6.45, 7) is 5.84. The Morgan fingerprint density at radius 3 is 2.86 bits per heavy atom. The van der Waals surface area contributed by atoms with Crippen LogP contribution in [0.5, 0.6) is 0 Å². The molecule has 0 radical (unpaired) electrons. The lowest BCUT2D eigenvalue weighted by molar-refractivity contribution is -0.122. The van der Waals surface area contributed by atoms with Crippen molar-refractivity contribution in [1.29, 1.82) is 0 Å². The molecule has 0 saturated carbocycles. The fraction of sp³-hybridized carbons (Fsp3) is 0.500. The van der Waals surface area contributed by atoms with Crippen LogP contribution in [0.2, 0.25) is 0 Å². The predicted octanol–water partition coefficient (Wildman–Crippen LogP) is 1.21. The topological polar surface area (TPSA) is 89.8 Å². The van der Waals surface area contributed by atoms with E-state index in [0.29, 0.717) is 16.2 Å². The Hall–Kier alpha value is -1.96. The van der Waals surface area contributed by atoms with Gasteiger partial charge in [0.2, 0.25) is 5.91 Å². The zero-order chi connectivity index (χ0) is 16.1. The summed E-state index contributed by atoms with van der Waals surface area (Å²) in [6, 6.07) is 0.0774. The molecule has 0 saturated heterocycles. The maximum absolute atomic E-state index is 12.3. The van der Waals surface area contributed by atoms with E-state index in [1.807, 2.05) is 20.8 Å². The van der Waals surface area contributed by atoms with E-state index < -0.39 is 0 Å². The monoisotopic (exact) mass is 321 g/mol. The molecule has 22 heavy (non-hydrogen) atoms. The Balaban J connectivity index is 2.25. The van der Waals surface area contributed by atoms with Crippen LogP contribution in [0.4, 0.5) is 0 Å². The van der Waals surface area contributed by atoms with Gasteiger partial charge >= 0.3 is 0 Å². The van der Waals surface area contributed by atoms with Gasteiger partial charge in [-0.1, -0.05) is 25.6 Å². The van der Waals surface area contributed by atoms with Crippen LogP contribution >= 0.6 is 11.8 Å². The zero-order valence-corrected chi connectivity index (χ0v) is 13.7. The molecule has 0 aliphatic heterocycles. The van der Waals surface area contributed by atoms with E-state index in [1.165, 1.54) is 28.9 Å². The van der Waals surface area contributed by atoms with Gasteiger partial charge in [0.1, 0.15) is 18.3 Å². The summed E-state index contributed by atoms with van der Waals surface area (Å²) in [5, 5.41) is 3.73. The number of aromatic nitrogens is 4. The van der Waals surface area contributed by atoms with Crippen LogP contribution in [-0.4, -0.2) is 37.2 Å². The van der Waals surface area contributed by atoms with E-state index in [0.717, 1.165) is 12.2 Å². The number of carbonyl (C=O) groups is 1. The third-order valence-electron chi connectivity index (χ3n) is 3.16. The van der Waals surface area contributed by atoms with Gasteiger partial charge in [-0.3, -0.25) is 14.2 Å². The molecule has 1 amide bonds. The molecule has 8 heteroatoms. The first kappa shape index (κ1) is 16.4. The van der Waals surface area contributed by atoms with Gasteiger partial charge < -0.3 is 5.32 Å². The molecule has 2 aromatic rings. The number of fused-ring (bicyclic) bond motifs is 1. The molecule has 0 bridgehead atoms. The Morgan fingerprint density at radius 2 is 2.18 bits per heavy atom. The number of amides is 1. The van der Waals surface area contributed by atoms with Crippen molar-refractivity contribution >= 4 is 28.7 Å². The number of rotatable bonds is 6. The fourth-order valence-corrected chi connectivity index (χ4v) is 2.36. The predicted molar refractivity (Wildman–Crippen MR) is 85.9 cm³/mol. The molecule has 2 rings (SSSR count). The third kappa shape index (κ3) is 3.82. The van der Waals surface area contributed by atoms with Crippen molar-refractivity contribution < 1.29 is 4.79 Å². The van der Waals surface area contributed by atoms with Crippen LogP contribution in [0.3, 0.4) is 0 Å². The summed E-state index contributed by atoms with van der Waals surface area (Å²) in [7, 11) is 0. The van der Waals surface area contributed by atoms with E-state index in [4.69, 9.17) is 0 Å². The van der Waals surface area contributed by atoms with E-state index in [2.05, 4.69) is 20.3 Å². The average Bonchev–Trinajstić information content (AvgIpc) is 2.50. The Morgan fingerprint density at radius 1 is 1.41 bits per heavy atom. The highest BCUT2D eigenvalue weighted by molar-refractivity contribution is 7.99. The van der Waals surface area contributed by atoms with Crippen LogP contribution in [0.15, 0.2) is 22.5 Å². The maximum Gasteiger partial charge on any atom is 0.264 e. The Labute approximate surface area is 132 Å². The van der Waals surface area contributed by atoms with Crippen LogP contribution in [0, 0.1) is 0 Å². The minimum absolute atomic E-state index is 0.0580. The molecule has 2 aromatic heterocycles. The lowest BCUT2D eigenvalue weighted by atomic mass is 10.2.